The number of nitrogens with two attached hydrogens (primary N) is 1. The van der Waals surface area contributed by atoms with E-state index in [0.29, 0.717) is 16.9 Å². The summed E-state index contributed by atoms with van der Waals surface area (Å²) in [6, 6.07) is 17.4. The Bertz CT molecular complexity index is 959. The maximum absolute atomic E-state index is 12.4. The number of aromatic nitrogens is 1. The van der Waals surface area contributed by atoms with Crippen LogP contribution in [0.4, 0.5) is 16.2 Å². The van der Waals surface area contributed by atoms with Crippen LogP contribution in [-0.2, 0) is 13.1 Å². The lowest BCUT2D eigenvalue weighted by Gasteiger charge is -2.19. The third-order valence-corrected chi connectivity index (χ3v) is 4.17. The number of para-hydroxylation sites is 2. The van der Waals surface area contributed by atoms with Crippen molar-refractivity contribution in [2.75, 3.05) is 11.1 Å². The molecule has 142 valence electrons. The summed E-state index contributed by atoms with van der Waals surface area (Å²) in [4.78, 5) is 29.2. The van der Waals surface area contributed by atoms with Crippen molar-refractivity contribution in [2.45, 2.75) is 13.1 Å². The zero-order valence-corrected chi connectivity index (χ0v) is 15.1. The molecule has 0 fully saturated rings. The fourth-order valence-electron chi connectivity index (χ4n) is 2.69. The number of nitrogen functional groups attached to an aromatic ring is 1. The Morgan fingerprint density at radius 3 is 2.32 bits per heavy atom. The zero-order valence-electron chi connectivity index (χ0n) is 15.1. The highest BCUT2D eigenvalue weighted by Crippen LogP contribution is 2.18. The summed E-state index contributed by atoms with van der Waals surface area (Å²) < 4.78 is 0. The topological polar surface area (TPSA) is 109 Å². The van der Waals surface area contributed by atoms with Crippen LogP contribution in [0, 0.1) is 0 Å². The van der Waals surface area contributed by atoms with Gasteiger partial charge in [0.05, 0.1) is 17.9 Å². The van der Waals surface area contributed by atoms with E-state index in [0.717, 1.165) is 11.1 Å². The number of pyridine rings is 1. The molecular formula is C21H20N4O3. The standard InChI is InChI=1S/C21H20N4O3/c22-18-5-1-2-6-19(18)24-20(26)17-9-7-15(8-10-17)13-25(21(27)28)14-16-4-3-11-23-12-16/h1-12H,13-14,22H2,(H,24,26)(H,27,28). The van der Waals surface area contributed by atoms with Crippen LogP contribution >= 0.6 is 0 Å². The van der Waals surface area contributed by atoms with Gasteiger partial charge in [0.1, 0.15) is 0 Å². The lowest BCUT2D eigenvalue weighted by atomic mass is 10.1. The Morgan fingerprint density at radius 1 is 0.964 bits per heavy atom. The van der Waals surface area contributed by atoms with Crippen LogP contribution in [-0.4, -0.2) is 27.0 Å². The lowest BCUT2D eigenvalue weighted by Crippen LogP contribution is -2.28. The van der Waals surface area contributed by atoms with Gasteiger partial charge >= 0.3 is 6.09 Å². The van der Waals surface area contributed by atoms with Crippen LogP contribution in [0.2, 0.25) is 0 Å². The Hall–Kier alpha value is -3.87. The molecule has 0 radical (unpaired) electrons. The van der Waals surface area contributed by atoms with E-state index in [4.69, 9.17) is 5.73 Å². The fraction of sp³-hybridized carbons (Fsp3) is 0.0952. The lowest BCUT2D eigenvalue weighted by molar-refractivity contribution is 0.102. The van der Waals surface area contributed by atoms with Crippen LogP contribution in [0.3, 0.4) is 0 Å². The summed E-state index contributed by atoms with van der Waals surface area (Å²) in [5.74, 6) is -0.282. The van der Waals surface area contributed by atoms with Gasteiger partial charge in [-0.05, 0) is 41.5 Å². The number of rotatable bonds is 6. The van der Waals surface area contributed by atoms with Crippen LogP contribution in [0.5, 0.6) is 0 Å². The van der Waals surface area contributed by atoms with Crippen molar-refractivity contribution in [1.29, 1.82) is 0 Å². The largest absolute Gasteiger partial charge is 0.465 e. The molecule has 1 heterocycles. The average Bonchev–Trinajstić information content (AvgIpc) is 2.70. The second-order valence-electron chi connectivity index (χ2n) is 6.24. The molecule has 0 atom stereocenters. The highest BCUT2D eigenvalue weighted by atomic mass is 16.4. The van der Waals surface area contributed by atoms with E-state index in [1.807, 2.05) is 6.07 Å². The molecule has 0 aliphatic carbocycles. The Morgan fingerprint density at radius 2 is 1.68 bits per heavy atom. The molecule has 0 aliphatic heterocycles. The molecule has 3 aromatic rings. The van der Waals surface area contributed by atoms with Gasteiger partial charge < -0.3 is 16.2 Å². The molecule has 0 saturated carbocycles. The molecule has 2 aromatic carbocycles. The highest BCUT2D eigenvalue weighted by Gasteiger charge is 2.14. The first kappa shape index (κ1) is 18.9. The molecule has 3 rings (SSSR count). The summed E-state index contributed by atoms with van der Waals surface area (Å²) in [7, 11) is 0. The fourth-order valence-corrected chi connectivity index (χ4v) is 2.69. The third kappa shape index (κ3) is 4.85. The minimum Gasteiger partial charge on any atom is -0.465 e. The molecule has 0 spiro atoms. The molecule has 0 unspecified atom stereocenters. The number of hydrogen-bond acceptors (Lipinski definition) is 4. The number of nitrogens with zero attached hydrogens (tertiary/aromatic N) is 2. The number of carbonyl (C=O) groups excluding carboxylic acids is 1. The minimum atomic E-state index is -1.02. The monoisotopic (exact) mass is 376 g/mol. The van der Waals surface area contributed by atoms with Crippen molar-refractivity contribution < 1.29 is 14.7 Å². The van der Waals surface area contributed by atoms with Gasteiger partial charge in [0, 0.05) is 24.5 Å². The Balaban J connectivity index is 1.66. The van der Waals surface area contributed by atoms with Crippen molar-refractivity contribution in [3.63, 3.8) is 0 Å². The van der Waals surface area contributed by atoms with Gasteiger partial charge in [0.25, 0.3) is 5.91 Å². The number of carbonyl (C=O) groups is 2. The maximum atomic E-state index is 12.4. The Kier molecular flexibility index (Phi) is 5.86. The summed E-state index contributed by atoms with van der Waals surface area (Å²) in [6.07, 6.45) is 2.25. The summed E-state index contributed by atoms with van der Waals surface area (Å²) in [5, 5.41) is 12.2. The summed E-state index contributed by atoms with van der Waals surface area (Å²) >= 11 is 0. The molecule has 1 aromatic heterocycles. The van der Waals surface area contributed by atoms with E-state index in [9.17, 15) is 14.7 Å². The van der Waals surface area contributed by atoms with Gasteiger partial charge in [-0.1, -0.05) is 30.3 Å². The van der Waals surface area contributed by atoms with E-state index in [1.165, 1.54) is 4.90 Å². The van der Waals surface area contributed by atoms with Crippen LogP contribution < -0.4 is 11.1 Å². The molecule has 4 N–H and O–H groups in total. The number of nitrogens with one attached hydrogen (secondary N) is 1. The van der Waals surface area contributed by atoms with Crippen molar-refractivity contribution in [3.8, 4) is 0 Å². The minimum absolute atomic E-state index is 0.206. The first-order valence-corrected chi connectivity index (χ1v) is 8.64. The van der Waals surface area contributed by atoms with Crippen molar-refractivity contribution in [1.82, 2.24) is 9.88 Å². The maximum Gasteiger partial charge on any atom is 0.407 e. The van der Waals surface area contributed by atoms with Gasteiger partial charge in [-0.15, -0.1) is 0 Å². The predicted molar refractivity (Wildman–Crippen MR) is 107 cm³/mol. The molecular weight excluding hydrogens is 356 g/mol. The summed E-state index contributed by atoms with van der Waals surface area (Å²) in [6.45, 7) is 0.441. The molecule has 2 amide bonds. The molecule has 0 saturated heterocycles. The predicted octanol–water partition coefficient (Wildman–Crippen LogP) is 3.60. The van der Waals surface area contributed by atoms with Gasteiger partial charge in [-0.25, -0.2) is 4.79 Å². The molecule has 7 nitrogen and oxygen atoms in total. The second kappa shape index (κ2) is 8.68. The van der Waals surface area contributed by atoms with E-state index in [-0.39, 0.29) is 19.0 Å². The van der Waals surface area contributed by atoms with Crippen molar-refractivity contribution in [3.05, 3.63) is 89.7 Å². The normalized spacial score (nSPS) is 10.3. The van der Waals surface area contributed by atoms with E-state index < -0.39 is 6.09 Å². The summed E-state index contributed by atoms with van der Waals surface area (Å²) in [5.41, 5.74) is 8.92. The average molecular weight is 376 g/mol. The van der Waals surface area contributed by atoms with Gasteiger partial charge in [0.2, 0.25) is 0 Å². The van der Waals surface area contributed by atoms with Gasteiger partial charge in [0.15, 0.2) is 0 Å². The van der Waals surface area contributed by atoms with Gasteiger partial charge in [-0.3, -0.25) is 14.7 Å². The number of carboxylic acid groups (broad SMARTS) is 1. The molecule has 0 bridgehead atoms. The van der Waals surface area contributed by atoms with E-state index >= 15 is 0 Å². The number of anilines is 2. The smallest absolute Gasteiger partial charge is 0.407 e. The first-order chi connectivity index (χ1) is 13.5. The Labute approximate surface area is 162 Å². The molecule has 0 aliphatic rings. The quantitative estimate of drug-likeness (QED) is 0.570. The van der Waals surface area contributed by atoms with Crippen LogP contribution in [0.15, 0.2) is 73.1 Å². The third-order valence-electron chi connectivity index (χ3n) is 4.17. The van der Waals surface area contributed by atoms with E-state index in [2.05, 4.69) is 10.3 Å². The van der Waals surface area contributed by atoms with Crippen LogP contribution in [0.1, 0.15) is 21.5 Å². The number of benzene rings is 2. The second-order valence-corrected chi connectivity index (χ2v) is 6.24. The number of amides is 2. The zero-order chi connectivity index (χ0) is 19.9. The van der Waals surface area contributed by atoms with Crippen LogP contribution in [0.25, 0.3) is 0 Å². The van der Waals surface area contributed by atoms with Crippen molar-refractivity contribution in [2.24, 2.45) is 0 Å². The molecule has 28 heavy (non-hydrogen) atoms. The SMILES string of the molecule is Nc1ccccc1NC(=O)c1ccc(CN(Cc2cccnc2)C(=O)O)cc1. The van der Waals surface area contributed by atoms with Gasteiger partial charge in [-0.2, -0.15) is 0 Å². The highest BCUT2D eigenvalue weighted by molar-refractivity contribution is 6.05. The molecule has 7 heteroatoms. The van der Waals surface area contributed by atoms with Crippen molar-refractivity contribution >= 4 is 23.4 Å². The van der Waals surface area contributed by atoms with E-state index in [1.54, 1.807) is 67.0 Å². The number of hydrogen-bond donors (Lipinski definition) is 3. The first-order valence-electron chi connectivity index (χ1n) is 8.64.